The number of aromatic amines is 1. The first-order chi connectivity index (χ1) is 14.2. The fourth-order valence-corrected chi connectivity index (χ4v) is 3.40. The summed E-state index contributed by atoms with van der Waals surface area (Å²) in [5, 5.41) is 5.96. The van der Waals surface area contributed by atoms with Gasteiger partial charge in [-0.3, -0.25) is 4.79 Å². The molecule has 0 atom stereocenters. The molecule has 0 spiro atoms. The second-order valence-electron chi connectivity index (χ2n) is 6.48. The van der Waals surface area contributed by atoms with Crippen molar-refractivity contribution >= 4 is 23.2 Å². The number of H-pyrrole nitrogens is 1. The number of rotatable bonds is 3. The Labute approximate surface area is 172 Å². The highest BCUT2D eigenvalue weighted by atomic mass is 35.5. The third kappa shape index (κ3) is 3.75. The number of alkyl halides is 3. The predicted octanol–water partition coefficient (Wildman–Crippen LogP) is 3.17. The second-order valence-corrected chi connectivity index (χ2v) is 6.86. The molecular formula is C18H14ClF3N6O2. The zero-order valence-electron chi connectivity index (χ0n) is 15.2. The maximum Gasteiger partial charge on any atom is 0.419 e. The third-order valence-electron chi connectivity index (χ3n) is 4.56. The van der Waals surface area contributed by atoms with Gasteiger partial charge in [0.15, 0.2) is 0 Å². The molecule has 2 aromatic heterocycles. The standard InChI is InChI=1S/C18H14ClF3N6O2/c19-14-12(7-24-27-15(14)29)28-6-5-9-11(8-28)25-17(23)26-16(9)30-13-4-2-1-3-10(13)18(20,21)22/h1-4,7H,5-6,8H2,(H,27,29)(H2,23,25,26). The average molecular weight is 439 g/mol. The number of para-hydroxylation sites is 1. The Hall–Kier alpha value is -3.34. The fourth-order valence-electron chi connectivity index (χ4n) is 3.19. The van der Waals surface area contributed by atoms with Crippen LogP contribution in [-0.2, 0) is 19.1 Å². The number of ether oxygens (including phenoxy) is 1. The molecular weight excluding hydrogens is 425 g/mol. The summed E-state index contributed by atoms with van der Waals surface area (Å²) in [6.07, 6.45) is -2.84. The van der Waals surface area contributed by atoms with Gasteiger partial charge in [-0.05, 0) is 18.6 Å². The van der Waals surface area contributed by atoms with E-state index in [-0.39, 0.29) is 29.1 Å². The molecule has 1 aliphatic rings. The molecule has 0 saturated heterocycles. The van der Waals surface area contributed by atoms with Crippen molar-refractivity contribution in [2.75, 3.05) is 17.2 Å². The summed E-state index contributed by atoms with van der Waals surface area (Å²) in [7, 11) is 0. The van der Waals surface area contributed by atoms with Gasteiger partial charge in [-0.2, -0.15) is 23.3 Å². The molecule has 0 bridgehead atoms. The van der Waals surface area contributed by atoms with E-state index in [0.717, 1.165) is 6.07 Å². The normalized spacial score (nSPS) is 13.8. The summed E-state index contributed by atoms with van der Waals surface area (Å²) in [5.74, 6) is -0.566. The number of benzene rings is 1. The van der Waals surface area contributed by atoms with Crippen molar-refractivity contribution in [3.63, 3.8) is 0 Å². The maximum absolute atomic E-state index is 13.3. The van der Waals surface area contributed by atoms with Crippen molar-refractivity contribution in [2.45, 2.75) is 19.1 Å². The molecule has 3 aromatic rings. The molecule has 1 aliphatic heterocycles. The lowest BCUT2D eigenvalue weighted by Crippen LogP contribution is -2.33. The molecule has 30 heavy (non-hydrogen) atoms. The number of nitrogens with one attached hydrogen (secondary N) is 1. The molecule has 156 valence electrons. The van der Waals surface area contributed by atoms with E-state index in [0.29, 0.717) is 29.9 Å². The highest BCUT2D eigenvalue weighted by Crippen LogP contribution is 2.39. The summed E-state index contributed by atoms with van der Waals surface area (Å²) >= 11 is 6.07. The molecule has 3 heterocycles. The Morgan fingerprint density at radius 3 is 2.77 bits per heavy atom. The zero-order valence-corrected chi connectivity index (χ0v) is 16.0. The first-order valence-corrected chi connectivity index (χ1v) is 9.09. The molecule has 4 rings (SSSR count). The molecule has 3 N–H and O–H groups in total. The van der Waals surface area contributed by atoms with Gasteiger partial charge in [0.2, 0.25) is 11.8 Å². The second kappa shape index (κ2) is 7.48. The lowest BCUT2D eigenvalue weighted by Gasteiger charge is -2.30. The van der Waals surface area contributed by atoms with Crippen LogP contribution >= 0.6 is 11.6 Å². The van der Waals surface area contributed by atoms with Crippen LogP contribution in [0.1, 0.15) is 16.8 Å². The quantitative estimate of drug-likeness (QED) is 0.646. The molecule has 1 aromatic carbocycles. The predicted molar refractivity (Wildman–Crippen MR) is 103 cm³/mol. The van der Waals surface area contributed by atoms with Crippen molar-refractivity contribution in [1.29, 1.82) is 0 Å². The van der Waals surface area contributed by atoms with Gasteiger partial charge in [0, 0.05) is 12.1 Å². The molecule has 0 aliphatic carbocycles. The van der Waals surface area contributed by atoms with E-state index in [9.17, 15) is 18.0 Å². The number of hydrogen-bond donors (Lipinski definition) is 2. The fraction of sp³-hybridized carbons (Fsp3) is 0.222. The average Bonchev–Trinajstić information content (AvgIpc) is 2.69. The highest BCUT2D eigenvalue weighted by molar-refractivity contribution is 6.33. The first kappa shape index (κ1) is 20.0. The number of aromatic nitrogens is 4. The van der Waals surface area contributed by atoms with Crippen LogP contribution in [0.25, 0.3) is 0 Å². The van der Waals surface area contributed by atoms with E-state index >= 15 is 0 Å². The minimum Gasteiger partial charge on any atom is -0.438 e. The van der Waals surface area contributed by atoms with E-state index in [1.54, 1.807) is 4.90 Å². The van der Waals surface area contributed by atoms with Gasteiger partial charge < -0.3 is 15.4 Å². The lowest BCUT2D eigenvalue weighted by molar-refractivity contribution is -0.138. The molecule has 0 radical (unpaired) electrons. The van der Waals surface area contributed by atoms with Crippen molar-refractivity contribution < 1.29 is 17.9 Å². The van der Waals surface area contributed by atoms with Crippen molar-refractivity contribution in [3.8, 4) is 11.6 Å². The van der Waals surface area contributed by atoms with Gasteiger partial charge in [0.25, 0.3) is 5.56 Å². The first-order valence-electron chi connectivity index (χ1n) is 8.71. The van der Waals surface area contributed by atoms with E-state index in [4.69, 9.17) is 22.1 Å². The Morgan fingerprint density at radius 2 is 2.00 bits per heavy atom. The Bertz CT molecular complexity index is 1170. The Kier molecular flexibility index (Phi) is 4.98. The summed E-state index contributed by atoms with van der Waals surface area (Å²) < 4.78 is 45.4. The number of hydrogen-bond acceptors (Lipinski definition) is 7. The molecule has 0 unspecified atom stereocenters. The third-order valence-corrected chi connectivity index (χ3v) is 4.93. The molecule has 0 saturated carbocycles. The van der Waals surface area contributed by atoms with Crippen LogP contribution in [0, 0.1) is 0 Å². The van der Waals surface area contributed by atoms with Crippen LogP contribution < -0.4 is 20.9 Å². The van der Waals surface area contributed by atoms with Gasteiger partial charge in [-0.15, -0.1) is 0 Å². The minimum atomic E-state index is -4.59. The Balaban J connectivity index is 1.70. The van der Waals surface area contributed by atoms with Gasteiger partial charge in [-0.25, -0.2) is 10.1 Å². The van der Waals surface area contributed by atoms with Gasteiger partial charge in [0.05, 0.1) is 29.7 Å². The van der Waals surface area contributed by atoms with Crippen LogP contribution in [0.15, 0.2) is 35.3 Å². The highest BCUT2D eigenvalue weighted by Gasteiger charge is 2.35. The van der Waals surface area contributed by atoms with Crippen LogP contribution in [0.2, 0.25) is 5.02 Å². The summed E-state index contributed by atoms with van der Waals surface area (Å²) in [4.78, 5) is 21.7. The monoisotopic (exact) mass is 438 g/mol. The van der Waals surface area contributed by atoms with Gasteiger partial charge in [-0.1, -0.05) is 23.7 Å². The largest absolute Gasteiger partial charge is 0.438 e. The maximum atomic E-state index is 13.3. The van der Waals surface area contributed by atoms with Crippen molar-refractivity contribution in [3.05, 3.63) is 62.7 Å². The lowest BCUT2D eigenvalue weighted by atomic mass is 10.1. The van der Waals surface area contributed by atoms with Crippen LogP contribution in [-0.4, -0.2) is 26.7 Å². The van der Waals surface area contributed by atoms with Crippen LogP contribution in [0.3, 0.4) is 0 Å². The topological polar surface area (TPSA) is 110 Å². The number of halogens is 4. The summed E-state index contributed by atoms with van der Waals surface area (Å²) in [6.45, 7) is 0.590. The van der Waals surface area contributed by atoms with E-state index in [1.165, 1.54) is 24.4 Å². The van der Waals surface area contributed by atoms with Gasteiger partial charge >= 0.3 is 6.18 Å². The number of fused-ring (bicyclic) bond motifs is 1. The van der Waals surface area contributed by atoms with E-state index in [1.807, 2.05) is 0 Å². The summed E-state index contributed by atoms with van der Waals surface area (Å²) in [5.41, 5.74) is 5.71. The van der Waals surface area contributed by atoms with Crippen LogP contribution in [0.4, 0.5) is 24.8 Å². The Morgan fingerprint density at radius 1 is 1.23 bits per heavy atom. The smallest absolute Gasteiger partial charge is 0.419 e. The number of nitrogens with zero attached hydrogens (tertiary/aromatic N) is 4. The SMILES string of the molecule is Nc1nc2c(c(Oc3ccccc3C(F)(F)F)n1)CCN(c1cn[nH]c(=O)c1Cl)C2. The molecule has 0 amide bonds. The molecule has 0 fully saturated rings. The number of nitrogens with two attached hydrogens (primary N) is 1. The van der Waals surface area contributed by atoms with Gasteiger partial charge in [0.1, 0.15) is 10.8 Å². The summed E-state index contributed by atoms with van der Waals surface area (Å²) in [6, 6.07) is 4.85. The van der Waals surface area contributed by atoms with Crippen LogP contribution in [0.5, 0.6) is 11.6 Å². The molecule has 12 heteroatoms. The van der Waals surface area contributed by atoms with E-state index < -0.39 is 17.3 Å². The van der Waals surface area contributed by atoms with E-state index in [2.05, 4.69) is 20.2 Å². The molecule has 8 nitrogen and oxygen atoms in total. The number of anilines is 2. The number of nitrogen functional groups attached to an aromatic ring is 1. The van der Waals surface area contributed by atoms with Crippen molar-refractivity contribution in [1.82, 2.24) is 20.2 Å². The minimum absolute atomic E-state index is 0.0222. The van der Waals surface area contributed by atoms with Crippen molar-refractivity contribution in [2.24, 2.45) is 0 Å². The zero-order chi connectivity index (χ0) is 21.5.